The van der Waals surface area contributed by atoms with Gasteiger partial charge >= 0.3 is 0 Å². The Morgan fingerprint density at radius 1 is 1.46 bits per heavy atom. The minimum atomic E-state index is -1.72. The normalized spacial score (nSPS) is 19.1. The van der Waals surface area contributed by atoms with Crippen LogP contribution in [0, 0.1) is 0 Å². The fourth-order valence-electron chi connectivity index (χ4n) is 1.32. The Bertz CT molecular complexity index is 204. The molecule has 0 radical (unpaired) electrons. The van der Waals surface area contributed by atoms with Crippen molar-refractivity contribution in [2.75, 3.05) is 27.2 Å². The van der Waals surface area contributed by atoms with E-state index in [1.54, 1.807) is 4.90 Å². The number of alkyl halides is 1. The highest BCUT2D eigenvalue weighted by Crippen LogP contribution is 2.19. The smallest absolute Gasteiger partial charge is 0.259 e. The van der Waals surface area contributed by atoms with Gasteiger partial charge in [-0.2, -0.15) is 0 Å². The first-order chi connectivity index (χ1) is 5.82. The number of carbonyl (C=O) groups excluding carboxylic acids is 1. The summed E-state index contributed by atoms with van der Waals surface area (Å²) < 4.78 is 13.2. The van der Waals surface area contributed by atoms with E-state index in [0.29, 0.717) is 19.1 Å². The molecule has 0 N–H and O–H groups in total. The monoisotopic (exact) mass is 188 g/mol. The van der Waals surface area contributed by atoms with Crippen molar-refractivity contribution in [2.45, 2.75) is 25.6 Å². The lowest BCUT2D eigenvalue weighted by Crippen LogP contribution is -2.62. The number of halogens is 1. The molecule has 3 nitrogen and oxygen atoms in total. The second-order valence-corrected chi connectivity index (χ2v) is 4.30. The number of amides is 1. The van der Waals surface area contributed by atoms with E-state index in [2.05, 4.69) is 4.90 Å². The van der Waals surface area contributed by atoms with Gasteiger partial charge in [0, 0.05) is 19.1 Å². The summed E-state index contributed by atoms with van der Waals surface area (Å²) in [5.41, 5.74) is -1.72. The molecule has 0 aromatic heterocycles. The first-order valence-corrected chi connectivity index (χ1v) is 4.47. The van der Waals surface area contributed by atoms with Gasteiger partial charge in [-0.15, -0.1) is 0 Å². The van der Waals surface area contributed by atoms with Gasteiger partial charge in [0.1, 0.15) is 0 Å². The molecule has 1 heterocycles. The second-order valence-electron chi connectivity index (χ2n) is 4.30. The predicted molar refractivity (Wildman–Crippen MR) is 49.2 cm³/mol. The SMILES string of the molecule is CN(C)C1CN(C(=O)C(C)(C)F)C1. The zero-order chi connectivity index (χ0) is 10.2. The Morgan fingerprint density at radius 3 is 2.23 bits per heavy atom. The number of nitrogens with zero attached hydrogens (tertiary/aromatic N) is 2. The van der Waals surface area contributed by atoms with Gasteiger partial charge in [0.15, 0.2) is 5.67 Å². The Labute approximate surface area is 78.5 Å². The molecule has 13 heavy (non-hydrogen) atoms. The first-order valence-electron chi connectivity index (χ1n) is 4.47. The summed E-state index contributed by atoms with van der Waals surface area (Å²) in [5, 5.41) is 0. The van der Waals surface area contributed by atoms with Crippen molar-refractivity contribution in [3.63, 3.8) is 0 Å². The molecule has 1 aliphatic heterocycles. The molecule has 0 saturated carbocycles. The fraction of sp³-hybridized carbons (Fsp3) is 0.889. The average Bonchev–Trinajstić information content (AvgIpc) is 1.80. The van der Waals surface area contributed by atoms with Crippen LogP contribution in [0.1, 0.15) is 13.8 Å². The van der Waals surface area contributed by atoms with E-state index in [1.165, 1.54) is 13.8 Å². The number of carbonyl (C=O) groups is 1. The van der Waals surface area contributed by atoms with Gasteiger partial charge in [-0.1, -0.05) is 0 Å². The molecule has 0 spiro atoms. The van der Waals surface area contributed by atoms with Gasteiger partial charge in [-0.05, 0) is 27.9 Å². The van der Waals surface area contributed by atoms with Crippen LogP contribution in [0.5, 0.6) is 0 Å². The van der Waals surface area contributed by atoms with Gasteiger partial charge in [-0.25, -0.2) is 4.39 Å². The average molecular weight is 188 g/mol. The topological polar surface area (TPSA) is 23.6 Å². The van der Waals surface area contributed by atoms with Gasteiger partial charge in [0.25, 0.3) is 5.91 Å². The molecule has 1 rings (SSSR count). The Hall–Kier alpha value is -0.640. The van der Waals surface area contributed by atoms with Gasteiger partial charge in [0.2, 0.25) is 0 Å². The van der Waals surface area contributed by atoms with E-state index in [-0.39, 0.29) is 0 Å². The van der Waals surface area contributed by atoms with Crippen molar-refractivity contribution in [1.29, 1.82) is 0 Å². The number of rotatable bonds is 2. The highest BCUT2D eigenvalue weighted by atomic mass is 19.1. The molecule has 0 aromatic carbocycles. The third-order valence-electron chi connectivity index (χ3n) is 2.39. The van der Waals surface area contributed by atoms with Crippen LogP contribution in [0.4, 0.5) is 4.39 Å². The van der Waals surface area contributed by atoms with Crippen molar-refractivity contribution in [3.05, 3.63) is 0 Å². The maximum Gasteiger partial charge on any atom is 0.259 e. The molecule has 1 aliphatic rings. The molecule has 0 unspecified atom stereocenters. The molecular formula is C9H17FN2O. The van der Waals surface area contributed by atoms with Gasteiger partial charge in [-0.3, -0.25) is 4.79 Å². The Balaban J connectivity index is 2.40. The zero-order valence-electron chi connectivity index (χ0n) is 8.67. The number of likely N-dealkylation sites (N-methyl/N-ethyl adjacent to an activating group) is 1. The van der Waals surface area contributed by atoms with Crippen molar-refractivity contribution in [1.82, 2.24) is 9.80 Å². The summed E-state index contributed by atoms with van der Waals surface area (Å²) in [4.78, 5) is 15.0. The van der Waals surface area contributed by atoms with Crippen LogP contribution in [0.2, 0.25) is 0 Å². The lowest BCUT2D eigenvalue weighted by molar-refractivity contribution is -0.148. The van der Waals surface area contributed by atoms with Crippen LogP contribution >= 0.6 is 0 Å². The molecule has 0 atom stereocenters. The van der Waals surface area contributed by atoms with Crippen molar-refractivity contribution in [3.8, 4) is 0 Å². The van der Waals surface area contributed by atoms with Crippen molar-refractivity contribution < 1.29 is 9.18 Å². The molecular weight excluding hydrogens is 171 g/mol. The van der Waals surface area contributed by atoms with E-state index in [0.717, 1.165) is 0 Å². The van der Waals surface area contributed by atoms with E-state index in [4.69, 9.17) is 0 Å². The largest absolute Gasteiger partial charge is 0.337 e. The maximum atomic E-state index is 13.2. The summed E-state index contributed by atoms with van der Waals surface area (Å²) in [6.45, 7) is 3.91. The molecule has 1 amide bonds. The van der Waals surface area contributed by atoms with Crippen LogP contribution < -0.4 is 0 Å². The Kier molecular flexibility index (Phi) is 2.61. The second kappa shape index (κ2) is 3.25. The summed E-state index contributed by atoms with van der Waals surface area (Å²) >= 11 is 0. The zero-order valence-corrected chi connectivity index (χ0v) is 8.67. The van der Waals surface area contributed by atoms with Crippen LogP contribution in [-0.4, -0.2) is 54.6 Å². The van der Waals surface area contributed by atoms with Crippen molar-refractivity contribution in [2.24, 2.45) is 0 Å². The molecule has 0 bridgehead atoms. The number of hydrogen-bond donors (Lipinski definition) is 0. The predicted octanol–water partition coefficient (Wildman–Crippen LogP) is 0.507. The number of hydrogen-bond acceptors (Lipinski definition) is 2. The Morgan fingerprint density at radius 2 is 1.92 bits per heavy atom. The minimum absolute atomic E-state index is 0.395. The lowest BCUT2D eigenvalue weighted by Gasteiger charge is -2.44. The van der Waals surface area contributed by atoms with Crippen LogP contribution in [-0.2, 0) is 4.79 Å². The minimum Gasteiger partial charge on any atom is -0.337 e. The molecule has 0 aliphatic carbocycles. The van der Waals surface area contributed by atoms with Gasteiger partial charge in [0.05, 0.1) is 0 Å². The van der Waals surface area contributed by atoms with Gasteiger partial charge < -0.3 is 9.80 Å². The van der Waals surface area contributed by atoms with Crippen LogP contribution in [0.25, 0.3) is 0 Å². The fourth-order valence-corrected chi connectivity index (χ4v) is 1.32. The molecule has 1 saturated heterocycles. The summed E-state index contributed by atoms with van der Waals surface area (Å²) in [6.07, 6.45) is 0. The molecule has 0 aromatic rings. The molecule has 4 heteroatoms. The maximum absolute atomic E-state index is 13.2. The van der Waals surface area contributed by atoms with Crippen LogP contribution in [0.3, 0.4) is 0 Å². The van der Waals surface area contributed by atoms with E-state index in [9.17, 15) is 9.18 Å². The molecule has 76 valence electrons. The summed E-state index contributed by atoms with van der Waals surface area (Å²) in [6, 6.07) is 0.395. The highest BCUT2D eigenvalue weighted by molar-refractivity contribution is 5.85. The third-order valence-corrected chi connectivity index (χ3v) is 2.39. The highest BCUT2D eigenvalue weighted by Gasteiger charge is 2.39. The first kappa shape index (κ1) is 10.4. The van der Waals surface area contributed by atoms with E-state index < -0.39 is 11.6 Å². The number of likely N-dealkylation sites (tertiary alicyclic amines) is 1. The molecule has 1 fully saturated rings. The quantitative estimate of drug-likeness (QED) is 0.630. The standard InChI is InChI=1S/C9H17FN2O/c1-9(2,10)8(13)12-5-7(6-12)11(3)4/h7H,5-6H2,1-4H3. The van der Waals surface area contributed by atoms with Crippen molar-refractivity contribution >= 4 is 5.91 Å². The third kappa shape index (κ3) is 2.18. The van der Waals surface area contributed by atoms with E-state index in [1.807, 2.05) is 14.1 Å². The lowest BCUT2D eigenvalue weighted by atomic mass is 10.0. The summed E-state index contributed by atoms with van der Waals surface area (Å²) in [5.74, 6) is -0.398. The summed E-state index contributed by atoms with van der Waals surface area (Å²) in [7, 11) is 3.93. The van der Waals surface area contributed by atoms with Crippen LogP contribution in [0.15, 0.2) is 0 Å². The van der Waals surface area contributed by atoms with E-state index >= 15 is 0 Å².